The Kier molecular flexibility index (Phi) is 3.67. The molecule has 0 spiro atoms. The van der Waals surface area contributed by atoms with Crippen LogP contribution in [0.1, 0.15) is 20.8 Å². The van der Waals surface area contributed by atoms with Gasteiger partial charge in [0.05, 0.1) is 12.5 Å². The minimum atomic E-state index is -1.06. The molecule has 3 nitrogen and oxygen atoms in total. The van der Waals surface area contributed by atoms with Crippen molar-refractivity contribution in [2.45, 2.75) is 25.6 Å². The van der Waals surface area contributed by atoms with Gasteiger partial charge >= 0.3 is 5.97 Å². The van der Waals surface area contributed by atoms with Gasteiger partial charge in [-0.25, -0.2) is 0 Å². The molecule has 15 heavy (non-hydrogen) atoms. The fourth-order valence-corrected chi connectivity index (χ4v) is 2.25. The predicted octanol–water partition coefficient (Wildman–Crippen LogP) is 2.19. The van der Waals surface area contributed by atoms with Crippen molar-refractivity contribution in [2.75, 3.05) is 6.61 Å². The van der Waals surface area contributed by atoms with Gasteiger partial charge < -0.3 is 4.74 Å². The largest absolute Gasteiger partial charge is 0.466 e. The number of esters is 1. The van der Waals surface area contributed by atoms with Crippen molar-refractivity contribution in [3.05, 3.63) is 0 Å². The average molecular weight is 253 g/mol. The summed E-state index contributed by atoms with van der Waals surface area (Å²) in [5, 5.41) is 0. The Bertz CT molecular complexity index is 286. The van der Waals surface area contributed by atoms with E-state index in [2.05, 4.69) is 0 Å². The second kappa shape index (κ2) is 4.30. The molecule has 2 atom stereocenters. The van der Waals surface area contributed by atoms with E-state index in [4.69, 9.17) is 27.9 Å². The van der Waals surface area contributed by atoms with E-state index in [0.29, 0.717) is 6.61 Å². The van der Waals surface area contributed by atoms with E-state index in [-0.39, 0.29) is 17.2 Å². The van der Waals surface area contributed by atoms with Gasteiger partial charge in [-0.2, -0.15) is 0 Å². The molecule has 0 N–H and O–H groups in total. The molecule has 0 saturated heterocycles. The molecule has 0 radical (unpaired) electrons. The van der Waals surface area contributed by atoms with E-state index < -0.39 is 16.7 Å². The molecule has 1 fully saturated rings. The molecule has 1 aliphatic rings. The maximum atomic E-state index is 11.6. The third-order valence-electron chi connectivity index (χ3n) is 2.89. The third kappa shape index (κ3) is 2.28. The molecule has 1 saturated carbocycles. The molecule has 0 amide bonds. The molecule has 5 heteroatoms. The Morgan fingerprint density at radius 1 is 1.33 bits per heavy atom. The molecule has 0 heterocycles. The van der Waals surface area contributed by atoms with Gasteiger partial charge in [-0.15, -0.1) is 0 Å². The Balaban J connectivity index is 2.71. The molecule has 86 valence electrons. The van der Waals surface area contributed by atoms with Crippen LogP contribution in [0.4, 0.5) is 0 Å². The summed E-state index contributed by atoms with van der Waals surface area (Å²) in [4.78, 5) is 22.0. The van der Waals surface area contributed by atoms with Crippen molar-refractivity contribution in [1.29, 1.82) is 0 Å². The molecular weight excluding hydrogens is 239 g/mol. The van der Waals surface area contributed by atoms with Crippen LogP contribution in [0.3, 0.4) is 0 Å². The van der Waals surface area contributed by atoms with Gasteiger partial charge in [0.15, 0.2) is 10.6 Å². The quantitative estimate of drug-likeness (QED) is 0.569. The summed E-state index contributed by atoms with van der Waals surface area (Å²) in [6.07, 6.45) is 0. The highest BCUT2D eigenvalue weighted by Crippen LogP contribution is 2.59. The number of alkyl halides is 2. The molecular formula is C10H14Cl2O3. The Morgan fingerprint density at radius 3 is 2.27 bits per heavy atom. The molecule has 0 unspecified atom stereocenters. The van der Waals surface area contributed by atoms with E-state index in [0.717, 1.165) is 0 Å². The Morgan fingerprint density at radius 2 is 1.87 bits per heavy atom. The van der Waals surface area contributed by atoms with Gasteiger partial charge in [0, 0.05) is 5.92 Å². The van der Waals surface area contributed by atoms with Gasteiger partial charge in [-0.05, 0) is 12.3 Å². The highest BCUT2D eigenvalue weighted by atomic mass is 35.5. The molecule has 0 bridgehead atoms. The van der Waals surface area contributed by atoms with Crippen LogP contribution in [0.2, 0.25) is 0 Å². The summed E-state index contributed by atoms with van der Waals surface area (Å²) in [5.41, 5.74) is -0.384. The number of ether oxygens (including phenoxy) is 1. The van der Waals surface area contributed by atoms with Crippen molar-refractivity contribution < 1.29 is 14.3 Å². The number of rotatable bonds is 4. The molecule has 1 aliphatic carbocycles. The number of Topliss-reactive ketones (excluding diaryl/α,β-unsaturated/α-hetero) is 1. The number of hydrogen-bond acceptors (Lipinski definition) is 3. The van der Waals surface area contributed by atoms with Crippen molar-refractivity contribution in [3.8, 4) is 0 Å². The first-order chi connectivity index (χ1) is 6.84. The van der Waals surface area contributed by atoms with E-state index in [1.165, 1.54) is 0 Å². The lowest BCUT2D eigenvalue weighted by atomic mass is 10.1. The number of carbonyl (C=O) groups is 2. The smallest absolute Gasteiger partial charge is 0.310 e. The topological polar surface area (TPSA) is 43.4 Å². The normalized spacial score (nSPS) is 27.6. The van der Waals surface area contributed by atoms with E-state index in [9.17, 15) is 9.59 Å². The first-order valence-electron chi connectivity index (χ1n) is 4.82. The summed E-state index contributed by atoms with van der Waals surface area (Å²) < 4.78 is 4.88. The number of hydrogen-bond donors (Lipinski definition) is 0. The van der Waals surface area contributed by atoms with Crippen LogP contribution in [0.25, 0.3) is 0 Å². The van der Waals surface area contributed by atoms with Crippen molar-refractivity contribution in [1.82, 2.24) is 0 Å². The number of halogens is 2. The van der Waals surface area contributed by atoms with Crippen molar-refractivity contribution in [2.24, 2.45) is 17.3 Å². The zero-order valence-corrected chi connectivity index (χ0v) is 10.4. The maximum absolute atomic E-state index is 11.6. The standard InChI is InChI=1S/C10H14Cl2O3/c1-4-15-9(14)6-5(10(6,2)3)7(13)8(11)12/h5-6,8H,4H2,1-3H3/t5-,6-/m1/s1. The van der Waals surface area contributed by atoms with Gasteiger partial charge in [0.2, 0.25) is 0 Å². The summed E-state index contributed by atoms with van der Waals surface area (Å²) in [6.45, 7) is 5.73. The summed E-state index contributed by atoms with van der Waals surface area (Å²) >= 11 is 11.0. The summed E-state index contributed by atoms with van der Waals surface area (Å²) in [6, 6.07) is 0. The second-order valence-corrected chi connectivity index (χ2v) is 5.33. The molecule has 0 aliphatic heterocycles. The summed E-state index contributed by atoms with van der Waals surface area (Å²) in [5.74, 6) is -1.43. The number of carbonyl (C=O) groups excluding carboxylic acids is 2. The SMILES string of the molecule is CCOC(=O)[C@H]1[C@H](C(=O)C(Cl)Cl)C1(C)C. The molecule has 1 rings (SSSR count). The van der Waals surface area contributed by atoms with E-state index in [1.807, 2.05) is 13.8 Å². The lowest BCUT2D eigenvalue weighted by Crippen LogP contribution is -2.15. The monoisotopic (exact) mass is 252 g/mol. The lowest BCUT2D eigenvalue weighted by Gasteiger charge is -2.01. The summed E-state index contributed by atoms with van der Waals surface area (Å²) in [7, 11) is 0. The molecule has 0 aromatic carbocycles. The lowest BCUT2D eigenvalue weighted by molar-refractivity contribution is -0.146. The van der Waals surface area contributed by atoms with Crippen LogP contribution in [0.5, 0.6) is 0 Å². The van der Waals surface area contributed by atoms with E-state index in [1.54, 1.807) is 6.92 Å². The molecule has 0 aromatic heterocycles. The fourth-order valence-electron chi connectivity index (χ4n) is 1.98. The van der Waals surface area contributed by atoms with Crippen molar-refractivity contribution in [3.63, 3.8) is 0 Å². The van der Waals surface area contributed by atoms with Crippen molar-refractivity contribution >= 4 is 35.0 Å². The van der Waals surface area contributed by atoms with Gasteiger partial charge in [-0.1, -0.05) is 37.0 Å². The number of ketones is 1. The van der Waals surface area contributed by atoms with E-state index >= 15 is 0 Å². The van der Waals surface area contributed by atoms with Crippen LogP contribution in [0.15, 0.2) is 0 Å². The van der Waals surface area contributed by atoms with Crippen LogP contribution in [-0.4, -0.2) is 23.2 Å². The Labute approximate surface area is 99.1 Å². The average Bonchev–Trinajstić information content (AvgIpc) is 2.68. The second-order valence-electron chi connectivity index (χ2n) is 4.23. The minimum absolute atomic E-state index is 0.290. The van der Waals surface area contributed by atoms with Gasteiger partial charge in [-0.3, -0.25) is 9.59 Å². The van der Waals surface area contributed by atoms with Crippen LogP contribution >= 0.6 is 23.2 Å². The zero-order valence-electron chi connectivity index (χ0n) is 8.92. The van der Waals surface area contributed by atoms with Crippen LogP contribution < -0.4 is 0 Å². The molecule has 0 aromatic rings. The van der Waals surface area contributed by atoms with Gasteiger partial charge in [0.1, 0.15) is 0 Å². The predicted molar refractivity (Wildman–Crippen MR) is 57.9 cm³/mol. The minimum Gasteiger partial charge on any atom is -0.466 e. The van der Waals surface area contributed by atoms with Gasteiger partial charge in [0.25, 0.3) is 0 Å². The maximum Gasteiger partial charge on any atom is 0.310 e. The highest BCUT2D eigenvalue weighted by Gasteiger charge is 2.66. The van der Waals surface area contributed by atoms with Crippen LogP contribution in [-0.2, 0) is 14.3 Å². The first-order valence-corrected chi connectivity index (χ1v) is 5.69. The Hall–Kier alpha value is -0.280. The fraction of sp³-hybridized carbons (Fsp3) is 0.800. The first kappa shape index (κ1) is 12.8. The highest BCUT2D eigenvalue weighted by molar-refractivity contribution is 6.54. The third-order valence-corrected chi connectivity index (χ3v) is 3.32. The van der Waals surface area contributed by atoms with Crippen LogP contribution in [0, 0.1) is 17.3 Å². The zero-order chi connectivity index (χ0) is 11.8.